The number of benzene rings is 3. The zero-order valence-electron chi connectivity index (χ0n) is 15.6. The SMILES string of the molecule is Cc1cc(C)c(O)c(Cc2cc(C)cc(-n3n4c5ccccc5n34)c2O)c1. The van der Waals surface area contributed by atoms with E-state index in [0.717, 1.165) is 44.5 Å². The van der Waals surface area contributed by atoms with Gasteiger partial charge in [-0.05, 0) is 55.7 Å². The van der Waals surface area contributed by atoms with Crippen LogP contribution in [-0.2, 0) is 6.42 Å². The van der Waals surface area contributed by atoms with Crippen molar-refractivity contribution in [1.82, 2.24) is 14.1 Å². The highest BCUT2D eigenvalue weighted by atomic mass is 16.3. The van der Waals surface area contributed by atoms with Crippen molar-refractivity contribution in [3.05, 3.63) is 76.3 Å². The van der Waals surface area contributed by atoms with Gasteiger partial charge in [0, 0.05) is 12.0 Å². The number of nitrogens with zero attached hydrogens (tertiary/aromatic N) is 3. The summed E-state index contributed by atoms with van der Waals surface area (Å²) >= 11 is 0. The summed E-state index contributed by atoms with van der Waals surface area (Å²) < 4.78 is 4.06. The minimum absolute atomic E-state index is 0.250. The first kappa shape index (κ1) is 15.9. The van der Waals surface area contributed by atoms with Crippen LogP contribution in [0.2, 0.25) is 0 Å². The number of aromatic hydroxyl groups is 2. The highest BCUT2D eigenvalue weighted by Crippen LogP contribution is 2.36. The van der Waals surface area contributed by atoms with Crippen molar-refractivity contribution in [1.29, 1.82) is 0 Å². The molecular weight excluding hydrogens is 338 g/mol. The topological polar surface area (TPSA) is 54.2 Å². The molecule has 0 aliphatic heterocycles. The van der Waals surface area contributed by atoms with Gasteiger partial charge in [0.2, 0.25) is 0 Å². The second-order valence-corrected chi connectivity index (χ2v) is 7.42. The largest absolute Gasteiger partial charge is 0.507 e. The molecular formula is C22H21N3O2. The van der Waals surface area contributed by atoms with Crippen LogP contribution in [0.25, 0.3) is 16.7 Å². The Hall–Kier alpha value is -3.34. The van der Waals surface area contributed by atoms with Crippen molar-refractivity contribution in [2.24, 2.45) is 0 Å². The fraction of sp³-hybridized carbons (Fsp3) is 0.182. The fourth-order valence-electron chi connectivity index (χ4n) is 4.01. The van der Waals surface area contributed by atoms with Gasteiger partial charge >= 0.3 is 0 Å². The Morgan fingerprint density at radius 2 is 1.30 bits per heavy atom. The summed E-state index contributed by atoms with van der Waals surface area (Å²) in [5, 5.41) is 21.4. The molecule has 0 amide bonds. The van der Waals surface area contributed by atoms with Crippen LogP contribution in [-0.4, -0.2) is 24.3 Å². The number of aryl methyl sites for hydroxylation is 3. The van der Waals surface area contributed by atoms with E-state index >= 15 is 0 Å². The smallest absolute Gasteiger partial charge is 0.146 e. The molecule has 5 rings (SSSR count). The summed E-state index contributed by atoms with van der Waals surface area (Å²) in [5.74, 6) is 0.550. The maximum Gasteiger partial charge on any atom is 0.146 e. The molecule has 0 saturated heterocycles. The molecule has 0 aliphatic carbocycles. The summed E-state index contributed by atoms with van der Waals surface area (Å²) in [5.41, 5.74) is 7.68. The minimum atomic E-state index is 0.250. The van der Waals surface area contributed by atoms with Crippen molar-refractivity contribution < 1.29 is 10.2 Å². The normalized spacial score (nSPS) is 12.0. The van der Waals surface area contributed by atoms with Crippen LogP contribution in [0.15, 0.2) is 48.5 Å². The van der Waals surface area contributed by atoms with Gasteiger partial charge in [-0.25, -0.2) is 0 Å². The average Bonchev–Trinajstić information content (AvgIpc) is 3.28. The number of phenols is 2. The zero-order valence-corrected chi connectivity index (χ0v) is 15.6. The van der Waals surface area contributed by atoms with E-state index in [0.29, 0.717) is 12.2 Å². The van der Waals surface area contributed by atoms with Gasteiger partial charge < -0.3 is 10.2 Å². The number of hydrogen-bond acceptors (Lipinski definition) is 2. The lowest BCUT2D eigenvalue weighted by Gasteiger charge is -2.12. The van der Waals surface area contributed by atoms with Crippen molar-refractivity contribution in [3.63, 3.8) is 0 Å². The second-order valence-electron chi connectivity index (χ2n) is 7.42. The Morgan fingerprint density at radius 1 is 0.741 bits per heavy atom. The van der Waals surface area contributed by atoms with Gasteiger partial charge in [-0.15, -0.1) is 14.1 Å². The lowest BCUT2D eigenvalue weighted by atomic mass is 9.97. The van der Waals surface area contributed by atoms with Crippen LogP contribution in [0.1, 0.15) is 27.8 Å². The predicted molar refractivity (Wildman–Crippen MR) is 106 cm³/mol. The number of hydrogen-bond donors (Lipinski definition) is 2. The fourth-order valence-corrected chi connectivity index (χ4v) is 4.01. The van der Waals surface area contributed by atoms with Gasteiger partial charge in [-0.2, -0.15) is 0 Å². The molecule has 2 aromatic heterocycles. The Morgan fingerprint density at radius 3 is 1.93 bits per heavy atom. The molecule has 27 heavy (non-hydrogen) atoms. The van der Waals surface area contributed by atoms with Crippen LogP contribution >= 0.6 is 0 Å². The first-order chi connectivity index (χ1) is 13.0. The third-order valence-electron chi connectivity index (χ3n) is 5.25. The molecule has 0 fully saturated rings. The van der Waals surface area contributed by atoms with E-state index < -0.39 is 0 Å². The van der Waals surface area contributed by atoms with Gasteiger partial charge in [0.1, 0.15) is 28.2 Å². The van der Waals surface area contributed by atoms with Crippen molar-refractivity contribution in [3.8, 4) is 17.2 Å². The van der Waals surface area contributed by atoms with Gasteiger partial charge in [0.15, 0.2) is 0 Å². The van der Waals surface area contributed by atoms with Gasteiger partial charge in [0.25, 0.3) is 0 Å². The molecule has 3 aromatic carbocycles. The molecule has 136 valence electrons. The van der Waals surface area contributed by atoms with Crippen LogP contribution in [0, 0.1) is 20.8 Å². The molecule has 5 nitrogen and oxygen atoms in total. The standard InChI is InChI=1S/C22H21N3O2/c1-13-8-15(3)21(26)16(9-13)12-17-10-14(2)11-20(22(17)27)25-23-18-6-4-5-7-19(18)24(23)25/h4-11,26-27H,12H2,1-3H3. The molecule has 0 unspecified atom stereocenters. The Labute approximate surface area is 156 Å². The molecule has 0 bridgehead atoms. The van der Waals surface area contributed by atoms with Gasteiger partial charge in [0.05, 0.1) is 0 Å². The van der Waals surface area contributed by atoms with Crippen LogP contribution in [0.4, 0.5) is 0 Å². The number of aromatic nitrogens is 3. The zero-order chi connectivity index (χ0) is 18.9. The Kier molecular flexibility index (Phi) is 3.13. The number of phenolic OH excluding ortho intramolecular Hbond substituents is 2. The molecule has 0 radical (unpaired) electrons. The van der Waals surface area contributed by atoms with E-state index in [4.69, 9.17) is 0 Å². The summed E-state index contributed by atoms with van der Waals surface area (Å²) in [6.07, 6.45) is 0.482. The molecule has 5 heteroatoms. The van der Waals surface area contributed by atoms with E-state index in [-0.39, 0.29) is 5.75 Å². The van der Waals surface area contributed by atoms with E-state index in [1.165, 1.54) is 0 Å². The van der Waals surface area contributed by atoms with E-state index in [9.17, 15) is 10.2 Å². The van der Waals surface area contributed by atoms with Crippen LogP contribution in [0.5, 0.6) is 11.5 Å². The molecule has 5 aromatic rings. The lowest BCUT2D eigenvalue weighted by Crippen LogP contribution is -1.97. The minimum Gasteiger partial charge on any atom is -0.507 e. The Balaban J connectivity index is 1.62. The van der Waals surface area contributed by atoms with E-state index in [1.807, 2.05) is 71.2 Å². The summed E-state index contributed by atoms with van der Waals surface area (Å²) in [4.78, 5) is 1.97. The van der Waals surface area contributed by atoms with Gasteiger partial charge in [-0.3, -0.25) is 0 Å². The highest BCUT2D eigenvalue weighted by molar-refractivity contribution is 5.79. The first-order valence-corrected chi connectivity index (χ1v) is 9.06. The van der Waals surface area contributed by atoms with Crippen LogP contribution < -0.4 is 0 Å². The van der Waals surface area contributed by atoms with Gasteiger partial charge in [-0.1, -0.05) is 35.9 Å². The van der Waals surface area contributed by atoms with E-state index in [1.54, 1.807) is 0 Å². The maximum absolute atomic E-state index is 11.0. The quantitative estimate of drug-likeness (QED) is 0.503. The molecule has 0 atom stereocenters. The predicted octanol–water partition coefficient (Wildman–Crippen LogP) is 4.35. The first-order valence-electron chi connectivity index (χ1n) is 9.06. The molecule has 0 spiro atoms. The third-order valence-corrected chi connectivity index (χ3v) is 5.25. The third kappa shape index (κ3) is 2.24. The van der Waals surface area contributed by atoms with Crippen LogP contribution in [0.3, 0.4) is 0 Å². The Bertz CT molecular complexity index is 1260. The highest BCUT2D eigenvalue weighted by Gasteiger charge is 2.26. The van der Waals surface area contributed by atoms with E-state index in [2.05, 4.69) is 12.1 Å². The number of fused-ring (bicyclic) bond motifs is 4. The molecule has 0 aliphatic rings. The van der Waals surface area contributed by atoms with Crippen molar-refractivity contribution >= 4 is 11.0 Å². The summed E-state index contributed by atoms with van der Waals surface area (Å²) in [6.45, 7) is 5.94. The lowest BCUT2D eigenvalue weighted by molar-refractivity contribution is 0.458. The second kappa shape index (κ2) is 5.33. The summed E-state index contributed by atoms with van der Waals surface area (Å²) in [7, 11) is 0. The van der Waals surface area contributed by atoms with Crippen molar-refractivity contribution in [2.45, 2.75) is 27.2 Å². The number of rotatable bonds is 3. The maximum atomic E-state index is 11.0. The average molecular weight is 359 g/mol. The summed E-state index contributed by atoms with van der Waals surface area (Å²) in [6, 6.07) is 16.1. The van der Waals surface area contributed by atoms with Crippen molar-refractivity contribution in [2.75, 3.05) is 0 Å². The molecule has 2 heterocycles. The monoisotopic (exact) mass is 359 g/mol. The molecule has 2 N–H and O–H groups in total. The number of para-hydroxylation sites is 2. The molecule has 0 saturated carbocycles.